The number of benzene rings is 1. The number of anilines is 1. The topological polar surface area (TPSA) is 71.5 Å². The third-order valence-corrected chi connectivity index (χ3v) is 7.99. The van der Waals surface area contributed by atoms with Gasteiger partial charge in [-0.1, -0.05) is 32.1 Å². The molecule has 3 aromatic rings. The van der Waals surface area contributed by atoms with Crippen molar-refractivity contribution in [3.8, 4) is 21.8 Å². The average molecular weight is 584 g/mol. The number of piperazine rings is 1. The number of nitrogens with zero attached hydrogens (tertiary/aromatic N) is 5. The van der Waals surface area contributed by atoms with Crippen LogP contribution in [0.4, 0.5) is 9.93 Å². The molecule has 0 spiro atoms. The van der Waals surface area contributed by atoms with E-state index in [9.17, 15) is 4.79 Å². The first-order valence-corrected chi connectivity index (χ1v) is 15.1. The summed E-state index contributed by atoms with van der Waals surface area (Å²) in [6.07, 6.45) is 9.05. The van der Waals surface area contributed by atoms with E-state index >= 15 is 0 Å². The summed E-state index contributed by atoms with van der Waals surface area (Å²) in [6, 6.07) is 10.3. The van der Waals surface area contributed by atoms with Gasteiger partial charge in [-0.3, -0.25) is 0 Å². The SMILES string of the molecule is C1CCCC1.Cc1cccc(-c2nc(N3CCN(C(=O)OC(C)(C)C)CC3)sc2-c2ccnc([AsH2])n2)c1. The van der Waals surface area contributed by atoms with Gasteiger partial charge in [0.05, 0.1) is 0 Å². The van der Waals surface area contributed by atoms with E-state index in [-0.39, 0.29) is 6.09 Å². The quantitative estimate of drug-likeness (QED) is 0.411. The van der Waals surface area contributed by atoms with E-state index < -0.39 is 5.60 Å². The van der Waals surface area contributed by atoms with Crippen LogP contribution in [0.25, 0.3) is 21.8 Å². The van der Waals surface area contributed by atoms with Crippen molar-refractivity contribution in [2.24, 2.45) is 0 Å². The first-order valence-electron chi connectivity index (χ1n) is 13.1. The zero-order valence-electron chi connectivity index (χ0n) is 22.4. The second-order valence-corrected chi connectivity index (χ2v) is 12.6. The summed E-state index contributed by atoms with van der Waals surface area (Å²) < 4.78 is 6.32. The van der Waals surface area contributed by atoms with Crippen molar-refractivity contribution in [1.29, 1.82) is 0 Å². The van der Waals surface area contributed by atoms with Crippen LogP contribution in [0.3, 0.4) is 0 Å². The average Bonchev–Trinajstić information content (AvgIpc) is 3.57. The monoisotopic (exact) mass is 583 g/mol. The molecule has 0 bridgehead atoms. The Morgan fingerprint density at radius 2 is 1.68 bits per heavy atom. The standard InChI is InChI=1S/C23H28AsN5O2S.C5H10/c1-15-6-5-7-16(14-15)18-19(17-8-9-25-20(24)26-17)32-21(27-18)28-10-12-29(13-11-28)22(30)31-23(2,3)4;1-2-4-5-3-1/h5-9,14H,10-13,24H2,1-4H3;1-5H2. The molecule has 198 valence electrons. The maximum absolute atomic E-state index is 12.4. The van der Waals surface area contributed by atoms with Crippen LogP contribution in [0.2, 0.25) is 0 Å². The molecule has 3 heterocycles. The molecule has 2 fully saturated rings. The molecule has 2 aliphatic rings. The number of hydrogen-bond donors (Lipinski definition) is 0. The van der Waals surface area contributed by atoms with Gasteiger partial charge in [-0.05, 0) is 20.8 Å². The molecule has 1 saturated heterocycles. The summed E-state index contributed by atoms with van der Waals surface area (Å²) in [7, 11) is 0. The summed E-state index contributed by atoms with van der Waals surface area (Å²) >= 11 is 3.05. The van der Waals surface area contributed by atoms with Gasteiger partial charge >= 0.3 is 175 Å². The van der Waals surface area contributed by atoms with Crippen molar-refractivity contribution in [1.82, 2.24) is 19.9 Å². The first kappa shape index (κ1) is 27.6. The van der Waals surface area contributed by atoms with Crippen molar-refractivity contribution < 1.29 is 9.53 Å². The fourth-order valence-electron chi connectivity index (χ4n) is 4.40. The predicted molar refractivity (Wildman–Crippen MR) is 155 cm³/mol. The summed E-state index contributed by atoms with van der Waals surface area (Å²) in [5, 5.41) is 0.946. The van der Waals surface area contributed by atoms with Crippen LogP contribution >= 0.6 is 11.3 Å². The number of aromatic nitrogens is 3. The number of aryl methyl sites for hydroxylation is 1. The van der Waals surface area contributed by atoms with Crippen molar-refractivity contribution >= 4 is 44.0 Å². The van der Waals surface area contributed by atoms with Gasteiger partial charge in [0, 0.05) is 0 Å². The second-order valence-electron chi connectivity index (χ2n) is 10.6. The van der Waals surface area contributed by atoms with Gasteiger partial charge in [0.25, 0.3) is 0 Å². The molecule has 1 aliphatic carbocycles. The molecule has 2 aromatic heterocycles. The minimum atomic E-state index is -0.488. The summed E-state index contributed by atoms with van der Waals surface area (Å²) in [6.45, 7) is 10.4. The van der Waals surface area contributed by atoms with Crippen molar-refractivity contribution in [2.45, 2.75) is 65.4 Å². The number of carbonyl (C=O) groups excluding carboxylic acids is 1. The van der Waals surface area contributed by atoms with Gasteiger partial charge in [-0.2, -0.15) is 0 Å². The molecule has 1 amide bonds. The number of ether oxygens (including phenoxy) is 1. The summed E-state index contributed by atoms with van der Waals surface area (Å²) in [5.74, 6) is 0. The summed E-state index contributed by atoms with van der Waals surface area (Å²) in [4.78, 5) is 31.4. The van der Waals surface area contributed by atoms with Crippen molar-refractivity contribution in [3.05, 3.63) is 42.1 Å². The number of thiazole rings is 1. The van der Waals surface area contributed by atoms with Crippen molar-refractivity contribution in [3.63, 3.8) is 0 Å². The van der Waals surface area contributed by atoms with Crippen LogP contribution in [0.15, 0.2) is 36.5 Å². The number of carbonyl (C=O) groups is 1. The molecule has 1 aliphatic heterocycles. The summed E-state index contributed by atoms with van der Waals surface area (Å²) in [5.41, 5.74) is 3.62. The number of rotatable bonds is 3. The molecule has 1 atom stereocenters. The van der Waals surface area contributed by atoms with Crippen LogP contribution in [-0.2, 0) is 4.74 Å². The van der Waals surface area contributed by atoms with Gasteiger partial charge in [0.1, 0.15) is 5.60 Å². The van der Waals surface area contributed by atoms with E-state index in [1.165, 1.54) is 54.5 Å². The Kier molecular flexibility index (Phi) is 9.25. The fraction of sp³-hybridized carbons (Fsp3) is 0.500. The third kappa shape index (κ3) is 7.78. The molecule has 1 saturated carbocycles. The van der Waals surface area contributed by atoms with E-state index in [2.05, 4.69) is 46.1 Å². The van der Waals surface area contributed by atoms with E-state index in [4.69, 9.17) is 9.72 Å². The Labute approximate surface area is 233 Å². The normalized spacial score (nSPS) is 15.8. The Hall–Kier alpha value is -2.44. The van der Waals surface area contributed by atoms with Gasteiger partial charge in [-0.15, -0.1) is 0 Å². The van der Waals surface area contributed by atoms with Gasteiger partial charge in [-0.25, -0.2) is 0 Å². The molecule has 37 heavy (non-hydrogen) atoms. The van der Waals surface area contributed by atoms with E-state index in [0.717, 1.165) is 31.6 Å². The molecule has 9 heteroatoms. The Morgan fingerprint density at radius 1 is 1.00 bits per heavy atom. The molecule has 1 aromatic carbocycles. The van der Waals surface area contributed by atoms with Gasteiger partial charge in [0.15, 0.2) is 0 Å². The fourth-order valence-corrected chi connectivity index (χ4v) is 5.98. The number of amides is 1. The third-order valence-electron chi connectivity index (χ3n) is 6.27. The van der Waals surface area contributed by atoms with E-state index in [1.54, 1.807) is 22.4 Å². The molecule has 5 rings (SSSR count). The predicted octanol–water partition coefficient (Wildman–Crippen LogP) is 4.84. The molecular weight excluding hydrogens is 545 g/mol. The van der Waals surface area contributed by atoms with Crippen LogP contribution in [0.5, 0.6) is 0 Å². The van der Waals surface area contributed by atoms with Crippen LogP contribution in [-0.4, -0.2) is 74.6 Å². The zero-order valence-corrected chi connectivity index (χ0v) is 25.6. The van der Waals surface area contributed by atoms with Crippen LogP contribution < -0.4 is 9.51 Å². The van der Waals surface area contributed by atoms with Crippen LogP contribution in [0.1, 0.15) is 58.4 Å². The maximum atomic E-state index is 12.4. The van der Waals surface area contributed by atoms with Gasteiger partial charge < -0.3 is 0 Å². The van der Waals surface area contributed by atoms with Crippen LogP contribution in [0, 0.1) is 6.92 Å². The van der Waals surface area contributed by atoms with Crippen molar-refractivity contribution in [2.75, 3.05) is 31.1 Å². The Morgan fingerprint density at radius 3 is 2.27 bits per heavy atom. The zero-order chi connectivity index (χ0) is 26.4. The number of hydrogen-bond acceptors (Lipinski definition) is 7. The minimum absolute atomic E-state index is 0.254. The van der Waals surface area contributed by atoms with E-state index in [1.807, 2.05) is 26.8 Å². The molecule has 0 radical (unpaired) electrons. The first-order chi connectivity index (χ1) is 17.7. The molecule has 0 N–H and O–H groups in total. The molecule has 7 nitrogen and oxygen atoms in total. The Bertz CT molecular complexity index is 1130. The Balaban J connectivity index is 0.000000572. The second kappa shape index (κ2) is 12.4. The molecule has 1 unspecified atom stereocenters. The van der Waals surface area contributed by atoms with Gasteiger partial charge in [0.2, 0.25) is 0 Å². The molecular formula is C28H38AsN5O2S. The van der Waals surface area contributed by atoms with E-state index in [0.29, 0.717) is 26.2 Å².